The topological polar surface area (TPSA) is 29.1 Å². The molecule has 0 saturated heterocycles. The third kappa shape index (κ3) is 3.52. The van der Waals surface area contributed by atoms with E-state index in [1.54, 1.807) is 0 Å². The van der Waals surface area contributed by atoms with Crippen LogP contribution < -0.4 is 5.32 Å². The number of nitrogens with one attached hydrogen (secondary N) is 1. The first-order valence-electron chi connectivity index (χ1n) is 4.65. The normalized spacial score (nSPS) is 12.8. The van der Waals surface area contributed by atoms with Crippen molar-refractivity contribution < 1.29 is 4.79 Å². The standard InChI is InChI=1S/C10H14BrNOS/c1-3-7(2)12-6-8(13)9-4-5-10(11)14-9/h4-5,7,12H,3,6H2,1-2H3. The molecule has 0 aliphatic heterocycles. The SMILES string of the molecule is CCC(C)NCC(=O)c1ccc(Br)s1. The molecule has 0 radical (unpaired) electrons. The first kappa shape index (κ1) is 11.9. The Morgan fingerprint density at radius 3 is 2.86 bits per heavy atom. The third-order valence-electron chi connectivity index (χ3n) is 2.07. The highest BCUT2D eigenvalue weighted by atomic mass is 79.9. The maximum atomic E-state index is 11.6. The van der Waals surface area contributed by atoms with Crippen LogP contribution >= 0.6 is 27.3 Å². The average Bonchev–Trinajstić information content (AvgIpc) is 2.60. The second kappa shape index (κ2) is 5.63. The lowest BCUT2D eigenvalue weighted by Gasteiger charge is -2.09. The molecule has 1 heterocycles. The molecular formula is C10H14BrNOS. The van der Waals surface area contributed by atoms with Crippen LogP contribution in [0.5, 0.6) is 0 Å². The molecule has 1 N–H and O–H groups in total. The van der Waals surface area contributed by atoms with E-state index in [1.807, 2.05) is 12.1 Å². The van der Waals surface area contributed by atoms with Crippen molar-refractivity contribution in [1.29, 1.82) is 0 Å². The number of ketones is 1. The lowest BCUT2D eigenvalue weighted by molar-refractivity contribution is 0.0991. The molecule has 78 valence electrons. The molecule has 0 aromatic carbocycles. The Kier molecular flexibility index (Phi) is 4.78. The van der Waals surface area contributed by atoms with Crippen LogP contribution in [0.2, 0.25) is 0 Å². The van der Waals surface area contributed by atoms with E-state index in [1.165, 1.54) is 11.3 Å². The van der Waals surface area contributed by atoms with E-state index in [2.05, 4.69) is 35.1 Å². The second-order valence-corrected chi connectivity index (χ2v) is 5.68. The molecular weight excluding hydrogens is 262 g/mol. The van der Waals surface area contributed by atoms with Crippen molar-refractivity contribution in [2.24, 2.45) is 0 Å². The Morgan fingerprint density at radius 2 is 2.36 bits per heavy atom. The van der Waals surface area contributed by atoms with Gasteiger partial charge in [0.05, 0.1) is 15.2 Å². The number of halogens is 1. The van der Waals surface area contributed by atoms with E-state index in [9.17, 15) is 4.79 Å². The number of carbonyl (C=O) groups is 1. The Bertz CT molecular complexity index is 311. The zero-order chi connectivity index (χ0) is 10.6. The summed E-state index contributed by atoms with van der Waals surface area (Å²) in [7, 11) is 0. The van der Waals surface area contributed by atoms with Gasteiger partial charge < -0.3 is 5.32 Å². The molecule has 4 heteroatoms. The Balaban J connectivity index is 2.43. The van der Waals surface area contributed by atoms with Crippen LogP contribution in [0.15, 0.2) is 15.9 Å². The van der Waals surface area contributed by atoms with E-state index in [0.717, 1.165) is 15.1 Å². The lowest BCUT2D eigenvalue weighted by atomic mass is 10.2. The Morgan fingerprint density at radius 1 is 1.64 bits per heavy atom. The monoisotopic (exact) mass is 275 g/mol. The van der Waals surface area contributed by atoms with Crippen LogP contribution in [0.4, 0.5) is 0 Å². The molecule has 0 fully saturated rings. The van der Waals surface area contributed by atoms with E-state index < -0.39 is 0 Å². The van der Waals surface area contributed by atoms with Crippen molar-refractivity contribution in [2.45, 2.75) is 26.3 Å². The highest BCUT2D eigenvalue weighted by molar-refractivity contribution is 9.11. The second-order valence-electron chi connectivity index (χ2n) is 3.22. The summed E-state index contributed by atoms with van der Waals surface area (Å²) in [5, 5.41) is 3.18. The molecule has 1 unspecified atom stereocenters. The van der Waals surface area contributed by atoms with Gasteiger partial charge in [-0.15, -0.1) is 11.3 Å². The molecule has 1 aromatic heterocycles. The summed E-state index contributed by atoms with van der Waals surface area (Å²) < 4.78 is 1.00. The molecule has 2 nitrogen and oxygen atoms in total. The molecule has 0 bridgehead atoms. The van der Waals surface area contributed by atoms with E-state index in [-0.39, 0.29) is 5.78 Å². The summed E-state index contributed by atoms with van der Waals surface area (Å²) in [5.41, 5.74) is 0. The molecule has 1 atom stereocenters. The minimum absolute atomic E-state index is 0.168. The maximum absolute atomic E-state index is 11.6. The Labute approximate surface area is 96.8 Å². The van der Waals surface area contributed by atoms with Gasteiger partial charge in [0, 0.05) is 6.04 Å². The largest absolute Gasteiger partial charge is 0.307 e. The van der Waals surface area contributed by atoms with Gasteiger partial charge in [-0.2, -0.15) is 0 Å². The predicted octanol–water partition coefficient (Wildman–Crippen LogP) is 3.08. The average molecular weight is 276 g/mol. The number of rotatable bonds is 5. The fourth-order valence-corrected chi connectivity index (χ4v) is 2.29. The molecule has 0 saturated carbocycles. The van der Waals surface area contributed by atoms with Crippen molar-refractivity contribution in [3.63, 3.8) is 0 Å². The van der Waals surface area contributed by atoms with Crippen molar-refractivity contribution in [3.05, 3.63) is 20.8 Å². The van der Waals surface area contributed by atoms with Gasteiger partial charge in [-0.25, -0.2) is 0 Å². The zero-order valence-corrected chi connectivity index (χ0v) is 10.7. The fourth-order valence-electron chi connectivity index (χ4n) is 0.963. The van der Waals surface area contributed by atoms with Crippen LogP contribution in [-0.2, 0) is 0 Å². The van der Waals surface area contributed by atoms with Crippen LogP contribution in [0.3, 0.4) is 0 Å². The number of hydrogen-bond acceptors (Lipinski definition) is 3. The summed E-state index contributed by atoms with van der Waals surface area (Å²) >= 11 is 4.82. The summed E-state index contributed by atoms with van der Waals surface area (Å²) in [6, 6.07) is 4.17. The quantitative estimate of drug-likeness (QED) is 0.837. The minimum atomic E-state index is 0.168. The molecule has 1 aromatic rings. The van der Waals surface area contributed by atoms with Crippen molar-refractivity contribution >= 4 is 33.0 Å². The molecule has 14 heavy (non-hydrogen) atoms. The summed E-state index contributed by atoms with van der Waals surface area (Å²) in [6.07, 6.45) is 1.04. The summed E-state index contributed by atoms with van der Waals surface area (Å²) in [4.78, 5) is 12.4. The molecule has 0 aliphatic rings. The van der Waals surface area contributed by atoms with Gasteiger partial charge in [-0.3, -0.25) is 4.79 Å². The number of thiophene rings is 1. The lowest BCUT2D eigenvalue weighted by Crippen LogP contribution is -2.30. The highest BCUT2D eigenvalue weighted by Gasteiger charge is 2.09. The maximum Gasteiger partial charge on any atom is 0.186 e. The van der Waals surface area contributed by atoms with E-state index >= 15 is 0 Å². The molecule has 0 spiro atoms. The van der Waals surface area contributed by atoms with E-state index in [4.69, 9.17) is 0 Å². The van der Waals surface area contributed by atoms with Gasteiger partial charge in [-0.05, 0) is 41.4 Å². The van der Waals surface area contributed by atoms with Crippen molar-refractivity contribution in [1.82, 2.24) is 5.32 Å². The minimum Gasteiger partial charge on any atom is -0.307 e. The first-order chi connectivity index (χ1) is 6.63. The van der Waals surface area contributed by atoms with Crippen LogP contribution in [0.25, 0.3) is 0 Å². The van der Waals surface area contributed by atoms with Crippen molar-refractivity contribution in [2.75, 3.05) is 6.54 Å². The van der Waals surface area contributed by atoms with Crippen LogP contribution in [0, 0.1) is 0 Å². The predicted molar refractivity (Wildman–Crippen MR) is 64.1 cm³/mol. The number of Topliss-reactive ketones (excluding diaryl/α,β-unsaturated/α-hetero) is 1. The first-order valence-corrected chi connectivity index (χ1v) is 6.26. The summed E-state index contributed by atoms with van der Waals surface area (Å²) in [5.74, 6) is 0.168. The van der Waals surface area contributed by atoms with Gasteiger partial charge in [0.2, 0.25) is 0 Å². The smallest absolute Gasteiger partial charge is 0.186 e. The third-order valence-corrected chi connectivity index (χ3v) is 3.74. The van der Waals surface area contributed by atoms with Crippen LogP contribution in [0.1, 0.15) is 29.9 Å². The van der Waals surface area contributed by atoms with Gasteiger partial charge in [0.1, 0.15) is 0 Å². The Hall–Kier alpha value is -0.190. The van der Waals surface area contributed by atoms with Crippen molar-refractivity contribution in [3.8, 4) is 0 Å². The molecule has 1 rings (SSSR count). The van der Waals surface area contributed by atoms with Gasteiger partial charge in [-0.1, -0.05) is 6.92 Å². The van der Waals surface area contributed by atoms with Gasteiger partial charge in [0.15, 0.2) is 5.78 Å². The molecule has 0 amide bonds. The molecule has 0 aliphatic carbocycles. The number of carbonyl (C=O) groups excluding carboxylic acids is 1. The summed E-state index contributed by atoms with van der Waals surface area (Å²) in [6.45, 7) is 4.61. The fraction of sp³-hybridized carbons (Fsp3) is 0.500. The van der Waals surface area contributed by atoms with Crippen LogP contribution in [-0.4, -0.2) is 18.4 Å². The van der Waals surface area contributed by atoms with Gasteiger partial charge >= 0.3 is 0 Å². The number of hydrogen-bond donors (Lipinski definition) is 1. The zero-order valence-electron chi connectivity index (χ0n) is 8.34. The van der Waals surface area contributed by atoms with E-state index in [0.29, 0.717) is 12.6 Å². The van der Waals surface area contributed by atoms with Gasteiger partial charge in [0.25, 0.3) is 0 Å². The highest BCUT2D eigenvalue weighted by Crippen LogP contribution is 2.22.